The lowest BCUT2D eigenvalue weighted by Crippen LogP contribution is -2.53. The first-order valence-corrected chi connectivity index (χ1v) is 19.6. The zero-order valence-corrected chi connectivity index (χ0v) is 33.0. The van der Waals surface area contributed by atoms with E-state index in [1.165, 1.54) is 18.5 Å². The van der Waals surface area contributed by atoms with Crippen molar-refractivity contribution in [2.24, 2.45) is 0 Å². The van der Waals surface area contributed by atoms with Crippen molar-refractivity contribution in [2.45, 2.75) is 51.8 Å². The van der Waals surface area contributed by atoms with Crippen LogP contribution in [0.25, 0.3) is 22.3 Å². The Labute approximate surface area is 335 Å². The van der Waals surface area contributed by atoms with Gasteiger partial charge in [-0.15, -0.1) is 0 Å². The van der Waals surface area contributed by atoms with Crippen molar-refractivity contribution >= 4 is 34.4 Å². The number of allylic oxidation sites excluding steroid dienone is 1. The van der Waals surface area contributed by atoms with Crippen molar-refractivity contribution in [3.63, 3.8) is 0 Å². The summed E-state index contributed by atoms with van der Waals surface area (Å²) in [6, 6.07) is 9.11. The maximum Gasteiger partial charge on any atom is 0.262 e. The van der Waals surface area contributed by atoms with E-state index < -0.39 is 29.6 Å². The highest BCUT2D eigenvalue weighted by Crippen LogP contribution is 2.33. The van der Waals surface area contributed by atoms with Crippen LogP contribution in [0.1, 0.15) is 54.3 Å². The minimum absolute atomic E-state index is 0.168. The molecule has 16 nitrogen and oxygen atoms in total. The molecule has 0 bridgehead atoms. The lowest BCUT2D eigenvalue weighted by Gasteiger charge is -2.40. The number of aromatic amines is 1. The van der Waals surface area contributed by atoms with Crippen molar-refractivity contribution in [1.82, 2.24) is 35.3 Å². The van der Waals surface area contributed by atoms with Crippen LogP contribution in [0.5, 0.6) is 11.5 Å². The maximum atomic E-state index is 14.5. The number of H-pyrrole nitrogens is 1. The lowest BCUT2D eigenvalue weighted by atomic mass is 10.0. The van der Waals surface area contributed by atoms with Gasteiger partial charge >= 0.3 is 0 Å². The Bertz CT molecular complexity index is 2150. The van der Waals surface area contributed by atoms with E-state index >= 15 is 0 Å². The number of carbonyl (C=O) groups excluding carboxylic acids is 3. The number of aromatic nitrogens is 4. The van der Waals surface area contributed by atoms with Crippen LogP contribution >= 0.6 is 0 Å². The Morgan fingerprint density at radius 1 is 0.914 bits per heavy atom. The van der Waals surface area contributed by atoms with Crippen LogP contribution in [0.15, 0.2) is 55.0 Å². The average Bonchev–Trinajstić information content (AvgIpc) is 3.72. The Morgan fingerprint density at radius 2 is 1.66 bits per heavy atom. The number of carbonyl (C=O) groups is 3. The second kappa shape index (κ2) is 18.4. The van der Waals surface area contributed by atoms with Crippen LogP contribution in [0.4, 0.5) is 10.2 Å². The summed E-state index contributed by atoms with van der Waals surface area (Å²) in [5.74, 6) is -0.423. The quantitative estimate of drug-likeness (QED) is 0.109. The number of nitrogens with zero attached hydrogens (tertiary/aromatic N) is 6. The van der Waals surface area contributed by atoms with Gasteiger partial charge in [0, 0.05) is 55.4 Å². The number of piperidine rings is 1. The number of halogens is 1. The van der Waals surface area contributed by atoms with E-state index in [1.807, 2.05) is 19.9 Å². The van der Waals surface area contributed by atoms with Crippen LogP contribution in [0, 0.1) is 5.82 Å². The van der Waals surface area contributed by atoms with Crippen LogP contribution in [-0.2, 0) is 19.0 Å². The first-order chi connectivity index (χ1) is 28.1. The standard InChI is InChI=1S/C41H49FN8O8/c1-25(2)58-36-20-31-33(21-32(36)42)46-47-38(31)34-22-37(44-24-43-34)49-10-9-48(27(4)23-49)11-12-54-13-14-55-15-16-56-17-18-57-28-6-7-29-30(19-28)41(53)50(40(29)52)35-8-5-26(3)45-39(35)51/h6-7,19-22,24-25,27,35H,3,5,8-18,23H2,1-2,4H3,(H,45,51)(H,46,47)/t27-,35?/m0/s1. The number of ether oxygens (including phenoxy) is 5. The molecule has 17 heteroatoms. The zero-order chi connectivity index (χ0) is 40.8. The van der Waals surface area contributed by atoms with Crippen molar-refractivity contribution in [2.75, 3.05) is 77.3 Å². The van der Waals surface area contributed by atoms with Gasteiger partial charge in [-0.1, -0.05) is 6.58 Å². The van der Waals surface area contributed by atoms with Crippen LogP contribution in [0.3, 0.4) is 0 Å². The van der Waals surface area contributed by atoms with Crippen LogP contribution < -0.4 is 19.7 Å². The average molecular weight is 801 g/mol. The van der Waals surface area contributed by atoms with E-state index in [9.17, 15) is 18.8 Å². The minimum Gasteiger partial charge on any atom is -0.491 e. The topological polar surface area (TPSA) is 174 Å². The SMILES string of the molecule is C=C1CCC(N2C(=O)c3ccc(OCCOCCOCCOCCN4CCN(c5cc(-c6n[nH]c7cc(F)c(OC(C)C)cc67)ncn5)C[C@@H]4C)cc3C2=O)C(=O)N1. The number of piperazine rings is 1. The molecule has 2 aromatic carbocycles. The lowest BCUT2D eigenvalue weighted by molar-refractivity contribution is -0.125. The third-order valence-corrected chi connectivity index (χ3v) is 10.2. The third kappa shape index (κ3) is 9.28. The summed E-state index contributed by atoms with van der Waals surface area (Å²) in [5, 5.41) is 10.7. The normalized spacial score (nSPS) is 18.7. The molecule has 1 unspecified atom stereocenters. The zero-order valence-electron chi connectivity index (χ0n) is 33.0. The van der Waals surface area contributed by atoms with Crippen LogP contribution in [0.2, 0.25) is 0 Å². The summed E-state index contributed by atoms with van der Waals surface area (Å²) in [5.41, 5.74) is 2.87. The van der Waals surface area contributed by atoms with E-state index in [4.69, 9.17) is 23.7 Å². The largest absolute Gasteiger partial charge is 0.491 e. The number of imide groups is 1. The predicted octanol–water partition coefficient (Wildman–Crippen LogP) is 3.97. The summed E-state index contributed by atoms with van der Waals surface area (Å²) in [6.45, 7) is 15.7. The van der Waals surface area contributed by atoms with E-state index in [1.54, 1.807) is 18.2 Å². The third-order valence-electron chi connectivity index (χ3n) is 10.2. The second-order valence-electron chi connectivity index (χ2n) is 14.7. The molecule has 2 atom stereocenters. The summed E-state index contributed by atoms with van der Waals surface area (Å²) in [6.07, 6.45) is 2.22. The van der Waals surface area contributed by atoms with Crippen LogP contribution in [-0.4, -0.2) is 138 Å². The highest BCUT2D eigenvalue weighted by molar-refractivity contribution is 6.23. The predicted molar refractivity (Wildman–Crippen MR) is 211 cm³/mol. The molecule has 3 aliphatic rings. The van der Waals surface area contributed by atoms with Crippen molar-refractivity contribution < 1.29 is 42.5 Å². The Balaban J connectivity index is 0.752. The molecular weight excluding hydrogens is 751 g/mol. The van der Waals surface area contributed by atoms with E-state index in [2.05, 4.69) is 48.8 Å². The van der Waals surface area contributed by atoms with Gasteiger partial charge in [0.25, 0.3) is 11.8 Å². The van der Waals surface area contributed by atoms with Gasteiger partial charge in [0.2, 0.25) is 5.91 Å². The monoisotopic (exact) mass is 800 g/mol. The first kappa shape index (κ1) is 40.7. The molecule has 2 aromatic heterocycles. The summed E-state index contributed by atoms with van der Waals surface area (Å²) < 4.78 is 43.1. The van der Waals surface area contributed by atoms with Gasteiger partial charge in [-0.3, -0.25) is 29.3 Å². The molecule has 7 rings (SSSR count). The minimum atomic E-state index is -0.859. The summed E-state index contributed by atoms with van der Waals surface area (Å²) in [4.78, 5) is 53.1. The number of hydrogen-bond donors (Lipinski definition) is 2. The second-order valence-corrected chi connectivity index (χ2v) is 14.7. The number of benzene rings is 2. The summed E-state index contributed by atoms with van der Waals surface area (Å²) in [7, 11) is 0. The van der Waals surface area contributed by atoms with Gasteiger partial charge in [-0.2, -0.15) is 5.10 Å². The number of rotatable bonds is 18. The number of fused-ring (bicyclic) bond motifs is 2. The smallest absolute Gasteiger partial charge is 0.262 e. The van der Waals surface area contributed by atoms with Gasteiger partial charge in [0.1, 0.15) is 36.2 Å². The molecule has 0 spiro atoms. The number of nitrogens with one attached hydrogen (secondary N) is 2. The van der Waals surface area contributed by atoms with E-state index in [0.29, 0.717) is 80.8 Å². The van der Waals surface area contributed by atoms with Gasteiger partial charge < -0.3 is 33.9 Å². The fraction of sp³-hybridized carbons (Fsp3) is 0.463. The van der Waals surface area contributed by atoms with E-state index in [-0.39, 0.29) is 35.6 Å². The van der Waals surface area contributed by atoms with Gasteiger partial charge in [-0.25, -0.2) is 14.4 Å². The number of anilines is 1. The highest BCUT2D eigenvalue weighted by atomic mass is 19.1. The fourth-order valence-electron chi connectivity index (χ4n) is 7.30. The molecule has 2 fully saturated rings. The van der Waals surface area contributed by atoms with Gasteiger partial charge in [-0.05, 0) is 57.9 Å². The molecule has 4 aromatic rings. The molecule has 0 saturated carbocycles. The number of amides is 3. The Morgan fingerprint density at radius 3 is 2.40 bits per heavy atom. The maximum absolute atomic E-state index is 14.5. The summed E-state index contributed by atoms with van der Waals surface area (Å²) >= 11 is 0. The molecule has 0 radical (unpaired) electrons. The Hall–Kier alpha value is -5.49. The molecule has 308 valence electrons. The molecule has 58 heavy (non-hydrogen) atoms. The molecule has 5 heterocycles. The van der Waals surface area contributed by atoms with Crippen molar-refractivity contribution in [3.05, 3.63) is 71.9 Å². The first-order valence-electron chi connectivity index (χ1n) is 19.6. The molecule has 3 aliphatic heterocycles. The molecule has 3 amide bonds. The molecule has 2 N–H and O–H groups in total. The van der Waals surface area contributed by atoms with E-state index in [0.717, 1.165) is 42.3 Å². The number of hydrogen-bond acceptors (Lipinski definition) is 13. The van der Waals surface area contributed by atoms with Crippen molar-refractivity contribution in [1.29, 1.82) is 0 Å². The fourth-order valence-corrected chi connectivity index (χ4v) is 7.30. The molecule has 0 aliphatic carbocycles. The van der Waals surface area contributed by atoms with Gasteiger partial charge in [0.05, 0.1) is 68.1 Å². The van der Waals surface area contributed by atoms with Crippen molar-refractivity contribution in [3.8, 4) is 22.9 Å². The Kier molecular flexibility index (Phi) is 12.9. The highest BCUT2D eigenvalue weighted by Gasteiger charge is 2.44. The molecular formula is C41H49FN8O8. The van der Waals surface area contributed by atoms with Gasteiger partial charge in [0.15, 0.2) is 11.6 Å². The molecule has 2 saturated heterocycles.